The lowest BCUT2D eigenvalue weighted by molar-refractivity contribution is -0.143. The van der Waals surface area contributed by atoms with Crippen molar-refractivity contribution in [2.75, 3.05) is 13.2 Å². The summed E-state index contributed by atoms with van der Waals surface area (Å²) >= 11 is 0. The minimum Gasteiger partial charge on any atom is -0.466 e. The minimum atomic E-state index is -0.661. The van der Waals surface area contributed by atoms with Gasteiger partial charge in [0.15, 0.2) is 0 Å². The van der Waals surface area contributed by atoms with Crippen LogP contribution in [0.4, 0.5) is 0 Å². The number of aliphatic hydroxyl groups is 2. The molecule has 0 bridgehead atoms. The summed E-state index contributed by atoms with van der Waals surface area (Å²) in [6, 6.07) is -0.538. The molecule has 592 valence electrons. The van der Waals surface area contributed by atoms with Crippen molar-refractivity contribution < 1.29 is 24.5 Å². The zero-order valence-electron chi connectivity index (χ0n) is 68.3. The summed E-state index contributed by atoms with van der Waals surface area (Å²) in [5, 5.41) is 23.5. The van der Waals surface area contributed by atoms with Gasteiger partial charge >= 0.3 is 5.97 Å². The Morgan fingerprint density at radius 1 is 0.242 bits per heavy atom. The largest absolute Gasteiger partial charge is 0.466 e. The normalized spacial score (nSPS) is 12.3. The van der Waals surface area contributed by atoms with Crippen molar-refractivity contribution in [3.8, 4) is 0 Å². The van der Waals surface area contributed by atoms with Gasteiger partial charge in [-0.15, -0.1) is 0 Å². The summed E-state index contributed by atoms with van der Waals surface area (Å²) in [6.07, 6.45) is 114. The number of esters is 1. The number of ether oxygens (including phenoxy) is 1. The molecule has 2 unspecified atom stereocenters. The third-order valence-electron chi connectivity index (χ3n) is 22.7. The maximum Gasteiger partial charge on any atom is 0.305 e. The van der Waals surface area contributed by atoms with Gasteiger partial charge < -0.3 is 20.3 Å². The molecule has 0 heterocycles. The van der Waals surface area contributed by atoms with Crippen LogP contribution in [0.3, 0.4) is 0 Å². The molecule has 0 aliphatic rings. The number of nitrogens with one attached hydrogen (secondary N) is 1. The second-order valence-corrected chi connectivity index (χ2v) is 32.7. The van der Waals surface area contributed by atoms with Gasteiger partial charge in [0.2, 0.25) is 5.91 Å². The Morgan fingerprint density at radius 3 is 0.616 bits per heavy atom. The molecule has 6 heteroatoms. The van der Waals surface area contributed by atoms with E-state index in [4.69, 9.17) is 4.74 Å². The zero-order chi connectivity index (χ0) is 71.2. The molecule has 0 aliphatic carbocycles. The molecule has 0 aromatic rings. The van der Waals surface area contributed by atoms with Crippen LogP contribution in [-0.2, 0) is 14.3 Å². The fraction of sp³-hybridized carbons (Fsp3) is 0.978. The Labute approximate surface area is 623 Å². The lowest BCUT2D eigenvalue weighted by Crippen LogP contribution is -2.45. The molecule has 0 aromatic heterocycles. The van der Waals surface area contributed by atoms with Gasteiger partial charge in [-0.3, -0.25) is 9.59 Å². The van der Waals surface area contributed by atoms with Crippen molar-refractivity contribution in [2.24, 2.45) is 0 Å². The van der Waals surface area contributed by atoms with E-state index in [1.165, 1.54) is 488 Å². The zero-order valence-corrected chi connectivity index (χ0v) is 68.3. The first-order valence-corrected chi connectivity index (χ1v) is 46.8. The number of hydrogen-bond donors (Lipinski definition) is 3. The van der Waals surface area contributed by atoms with Crippen molar-refractivity contribution >= 4 is 11.9 Å². The van der Waals surface area contributed by atoms with Crippen LogP contribution in [-0.4, -0.2) is 47.4 Å². The average molecular weight is 1400 g/mol. The Morgan fingerprint density at radius 2 is 0.414 bits per heavy atom. The summed E-state index contributed by atoms with van der Waals surface area (Å²) in [5.74, 6) is 0.00903. The highest BCUT2D eigenvalue weighted by Crippen LogP contribution is 2.22. The number of carbonyl (C=O) groups excluding carboxylic acids is 2. The molecule has 99 heavy (non-hydrogen) atoms. The van der Waals surface area contributed by atoms with Gasteiger partial charge in [-0.25, -0.2) is 0 Å². The van der Waals surface area contributed by atoms with E-state index < -0.39 is 12.1 Å². The Kier molecular flexibility index (Phi) is 88.2. The monoisotopic (exact) mass is 1400 g/mol. The average Bonchev–Trinajstić information content (AvgIpc) is 1.84. The number of hydrogen-bond acceptors (Lipinski definition) is 5. The highest BCUT2D eigenvalue weighted by atomic mass is 16.5. The Bertz CT molecular complexity index is 1470. The van der Waals surface area contributed by atoms with Crippen molar-refractivity contribution in [1.82, 2.24) is 5.32 Å². The lowest BCUT2D eigenvalue weighted by atomic mass is 10.0. The van der Waals surface area contributed by atoms with Gasteiger partial charge in [-0.05, 0) is 25.7 Å². The first-order chi connectivity index (χ1) is 49.0. The van der Waals surface area contributed by atoms with Gasteiger partial charge in [0, 0.05) is 12.8 Å². The van der Waals surface area contributed by atoms with Gasteiger partial charge in [0.25, 0.3) is 0 Å². The number of amides is 1. The second kappa shape index (κ2) is 89.3. The van der Waals surface area contributed by atoms with Crippen LogP contribution < -0.4 is 5.32 Å². The number of aliphatic hydroxyl groups excluding tert-OH is 2. The van der Waals surface area contributed by atoms with Crippen LogP contribution in [0.5, 0.6) is 0 Å². The van der Waals surface area contributed by atoms with Crippen LogP contribution >= 0.6 is 0 Å². The third-order valence-corrected chi connectivity index (χ3v) is 22.7. The van der Waals surface area contributed by atoms with E-state index in [9.17, 15) is 19.8 Å². The van der Waals surface area contributed by atoms with Crippen LogP contribution in [0.2, 0.25) is 0 Å². The van der Waals surface area contributed by atoms with E-state index in [2.05, 4.69) is 19.2 Å². The molecule has 0 saturated carbocycles. The Hall–Kier alpha value is -1.14. The summed E-state index contributed by atoms with van der Waals surface area (Å²) < 4.78 is 5.53. The van der Waals surface area contributed by atoms with Crippen LogP contribution in [0, 0.1) is 0 Å². The SMILES string of the molecule is CCCCCCCCCCCCCCCCCCCCCCCCCCCC(O)C(CO)NC(=O)CCCCCCCCCCCCCCCCCCCCCCCCCCCCCCCCCCCCCCCCCOC(=O)CCCCCCCCCCCCCCCCCCCC. The Balaban J connectivity index is 3.29. The molecular formula is C93H185NO5. The third kappa shape index (κ3) is 85.7. The molecular weight excluding hydrogens is 1210 g/mol. The number of carbonyl (C=O) groups is 2. The van der Waals surface area contributed by atoms with Gasteiger partial charge in [-0.1, -0.05) is 521 Å². The topological polar surface area (TPSA) is 95.9 Å². The summed E-state index contributed by atoms with van der Waals surface area (Å²) in [6.45, 7) is 5.04. The van der Waals surface area contributed by atoms with Crippen LogP contribution in [0.15, 0.2) is 0 Å². The second-order valence-electron chi connectivity index (χ2n) is 32.7. The number of rotatable bonds is 90. The van der Waals surface area contributed by atoms with E-state index in [0.29, 0.717) is 25.9 Å². The van der Waals surface area contributed by atoms with E-state index in [-0.39, 0.29) is 18.5 Å². The molecule has 1 amide bonds. The van der Waals surface area contributed by atoms with Crippen LogP contribution in [0.1, 0.15) is 560 Å². The smallest absolute Gasteiger partial charge is 0.305 e. The highest BCUT2D eigenvalue weighted by molar-refractivity contribution is 5.76. The first kappa shape index (κ1) is 97.9. The van der Waals surface area contributed by atoms with E-state index in [1.54, 1.807) is 0 Å². The predicted octanol–water partition coefficient (Wildman–Crippen LogP) is 31.6. The lowest BCUT2D eigenvalue weighted by Gasteiger charge is -2.22. The molecule has 0 aliphatic heterocycles. The molecule has 3 N–H and O–H groups in total. The molecule has 0 rings (SSSR count). The molecule has 0 fully saturated rings. The molecule has 6 nitrogen and oxygen atoms in total. The fourth-order valence-electron chi connectivity index (χ4n) is 15.6. The summed E-state index contributed by atoms with van der Waals surface area (Å²) in [5.41, 5.74) is 0. The van der Waals surface area contributed by atoms with Crippen molar-refractivity contribution in [2.45, 2.75) is 572 Å². The van der Waals surface area contributed by atoms with Gasteiger partial charge in [0.05, 0.1) is 25.4 Å². The van der Waals surface area contributed by atoms with Crippen LogP contribution in [0.25, 0.3) is 0 Å². The molecule has 0 aromatic carbocycles. The highest BCUT2D eigenvalue weighted by Gasteiger charge is 2.20. The summed E-state index contributed by atoms with van der Waals surface area (Å²) in [4.78, 5) is 24.7. The molecule has 0 spiro atoms. The maximum absolute atomic E-state index is 12.6. The minimum absolute atomic E-state index is 0.0213. The van der Waals surface area contributed by atoms with Gasteiger partial charge in [-0.2, -0.15) is 0 Å². The van der Waals surface area contributed by atoms with Crippen molar-refractivity contribution in [1.29, 1.82) is 0 Å². The quantitative estimate of drug-likeness (QED) is 0.0417. The van der Waals surface area contributed by atoms with Crippen molar-refractivity contribution in [3.63, 3.8) is 0 Å². The first-order valence-electron chi connectivity index (χ1n) is 46.8. The van der Waals surface area contributed by atoms with Crippen molar-refractivity contribution in [3.05, 3.63) is 0 Å². The van der Waals surface area contributed by atoms with E-state index in [0.717, 1.165) is 38.5 Å². The standard InChI is InChI=1S/C93H185NO5/c1-3-5-7-9-11-13-15-17-19-21-23-24-25-41-44-47-50-53-57-61-65-69-73-77-81-85-91(96)90(89-95)94-92(97)86-82-78-74-70-66-62-58-54-51-48-45-42-39-37-35-33-31-29-27-26-28-30-32-34-36-38-40-43-46-49-52-56-60-64-68-72-76-80-84-88-99-93(98)87-83-79-75-71-67-63-59-55-22-20-18-16-14-12-10-8-6-4-2/h90-91,95-96H,3-89H2,1-2H3,(H,94,97). The molecule has 0 saturated heterocycles. The van der Waals surface area contributed by atoms with E-state index >= 15 is 0 Å². The number of unbranched alkanes of at least 4 members (excludes halogenated alkanes) is 79. The summed E-state index contributed by atoms with van der Waals surface area (Å²) in [7, 11) is 0. The molecule has 2 atom stereocenters. The van der Waals surface area contributed by atoms with Gasteiger partial charge in [0.1, 0.15) is 0 Å². The predicted molar refractivity (Wildman–Crippen MR) is 440 cm³/mol. The maximum atomic E-state index is 12.6. The molecule has 0 radical (unpaired) electrons. The van der Waals surface area contributed by atoms with E-state index in [1.807, 2.05) is 0 Å². The fourth-order valence-corrected chi connectivity index (χ4v) is 15.6.